The lowest BCUT2D eigenvalue weighted by Gasteiger charge is -2.25. The zero-order chi connectivity index (χ0) is 13.7. The number of amides is 1. The molecule has 0 atom stereocenters. The molecule has 0 bridgehead atoms. The van der Waals surface area contributed by atoms with Gasteiger partial charge in [0.1, 0.15) is 0 Å². The van der Waals surface area contributed by atoms with Gasteiger partial charge in [-0.15, -0.1) is 0 Å². The first-order valence-corrected chi connectivity index (χ1v) is 7.97. The zero-order valence-corrected chi connectivity index (χ0v) is 11.5. The van der Waals surface area contributed by atoms with Crippen molar-refractivity contribution in [1.82, 2.24) is 9.62 Å². The molecular formula is C13H18N2O3S. The maximum Gasteiger partial charge on any atom is 0.235 e. The van der Waals surface area contributed by atoms with Crippen LogP contribution in [0.4, 0.5) is 0 Å². The molecule has 2 rings (SSSR count). The average molecular weight is 282 g/mol. The molecule has 0 saturated carbocycles. The molecule has 1 amide bonds. The van der Waals surface area contributed by atoms with Crippen molar-refractivity contribution in [1.29, 1.82) is 0 Å². The molecule has 0 aromatic heterocycles. The van der Waals surface area contributed by atoms with Gasteiger partial charge in [-0.2, -0.15) is 4.31 Å². The molecule has 0 radical (unpaired) electrons. The van der Waals surface area contributed by atoms with Gasteiger partial charge in [0.05, 0.1) is 12.3 Å². The highest BCUT2D eigenvalue weighted by Crippen LogP contribution is 2.08. The van der Waals surface area contributed by atoms with Gasteiger partial charge in [-0.25, -0.2) is 8.42 Å². The fourth-order valence-corrected chi connectivity index (χ4v) is 3.54. The fraction of sp³-hybridized carbons (Fsp3) is 0.462. The SMILES string of the molecule is O=C1CN(S(=O)(=O)CCCc2ccccc2)CCN1. The summed E-state index contributed by atoms with van der Waals surface area (Å²) in [7, 11) is -3.31. The van der Waals surface area contributed by atoms with E-state index in [9.17, 15) is 13.2 Å². The average Bonchev–Trinajstić information content (AvgIpc) is 2.40. The van der Waals surface area contributed by atoms with E-state index in [-0.39, 0.29) is 18.2 Å². The number of carbonyl (C=O) groups excluding carboxylic acids is 1. The van der Waals surface area contributed by atoms with Gasteiger partial charge < -0.3 is 5.32 Å². The number of nitrogens with zero attached hydrogens (tertiary/aromatic N) is 1. The highest BCUT2D eigenvalue weighted by Gasteiger charge is 2.26. The number of nitrogens with one attached hydrogen (secondary N) is 1. The maximum absolute atomic E-state index is 12.1. The molecular weight excluding hydrogens is 264 g/mol. The Balaban J connectivity index is 1.85. The Hall–Kier alpha value is -1.40. The van der Waals surface area contributed by atoms with Crippen LogP contribution in [0.3, 0.4) is 0 Å². The topological polar surface area (TPSA) is 66.5 Å². The molecule has 1 aromatic rings. The first-order chi connectivity index (χ1) is 9.08. The van der Waals surface area contributed by atoms with Crippen molar-refractivity contribution in [2.45, 2.75) is 12.8 Å². The summed E-state index contributed by atoms with van der Waals surface area (Å²) in [6, 6.07) is 9.80. The second kappa shape index (κ2) is 6.16. The molecule has 1 saturated heterocycles. The number of aryl methyl sites for hydroxylation is 1. The van der Waals surface area contributed by atoms with Gasteiger partial charge in [0.15, 0.2) is 0 Å². The Morgan fingerprint density at radius 1 is 1.21 bits per heavy atom. The number of sulfonamides is 1. The zero-order valence-electron chi connectivity index (χ0n) is 10.7. The van der Waals surface area contributed by atoms with Crippen molar-refractivity contribution < 1.29 is 13.2 Å². The highest BCUT2D eigenvalue weighted by molar-refractivity contribution is 7.89. The standard InChI is InChI=1S/C13H18N2O3S/c16-13-11-15(9-8-14-13)19(17,18)10-4-7-12-5-2-1-3-6-12/h1-3,5-6H,4,7-11H2,(H,14,16). The van der Waals surface area contributed by atoms with Gasteiger partial charge in [0.2, 0.25) is 15.9 Å². The molecule has 1 fully saturated rings. The lowest BCUT2D eigenvalue weighted by Crippen LogP contribution is -2.50. The number of carbonyl (C=O) groups is 1. The predicted molar refractivity (Wildman–Crippen MR) is 73.1 cm³/mol. The minimum atomic E-state index is -3.31. The normalized spacial score (nSPS) is 17.2. The molecule has 104 valence electrons. The quantitative estimate of drug-likeness (QED) is 0.849. The van der Waals surface area contributed by atoms with Crippen LogP contribution >= 0.6 is 0 Å². The van der Waals surface area contributed by atoms with Crippen molar-refractivity contribution in [2.24, 2.45) is 0 Å². The summed E-state index contributed by atoms with van der Waals surface area (Å²) in [4.78, 5) is 11.2. The molecule has 1 aliphatic rings. The number of benzene rings is 1. The molecule has 1 aliphatic heterocycles. The molecule has 5 nitrogen and oxygen atoms in total. The van der Waals surface area contributed by atoms with Crippen LogP contribution in [0.1, 0.15) is 12.0 Å². The van der Waals surface area contributed by atoms with Gasteiger partial charge in [-0.05, 0) is 18.4 Å². The molecule has 19 heavy (non-hydrogen) atoms. The van der Waals surface area contributed by atoms with Gasteiger partial charge in [0.25, 0.3) is 0 Å². The molecule has 0 spiro atoms. The van der Waals surface area contributed by atoms with E-state index in [2.05, 4.69) is 5.32 Å². The molecule has 1 heterocycles. The van der Waals surface area contributed by atoms with E-state index < -0.39 is 10.0 Å². The van der Waals surface area contributed by atoms with Gasteiger partial charge in [0, 0.05) is 13.1 Å². The number of hydrogen-bond acceptors (Lipinski definition) is 3. The van der Waals surface area contributed by atoms with E-state index in [0.717, 1.165) is 12.0 Å². The van der Waals surface area contributed by atoms with Crippen LogP contribution in [0.2, 0.25) is 0 Å². The van der Waals surface area contributed by atoms with Gasteiger partial charge in [-0.3, -0.25) is 4.79 Å². The van der Waals surface area contributed by atoms with Gasteiger partial charge in [-0.1, -0.05) is 30.3 Å². The third-order valence-electron chi connectivity index (χ3n) is 3.11. The molecule has 0 unspecified atom stereocenters. The number of rotatable bonds is 5. The fourth-order valence-electron chi connectivity index (χ4n) is 2.09. The van der Waals surface area contributed by atoms with Crippen LogP contribution in [0.25, 0.3) is 0 Å². The monoisotopic (exact) mass is 282 g/mol. The van der Waals surface area contributed by atoms with Crippen molar-refractivity contribution in [3.63, 3.8) is 0 Å². The van der Waals surface area contributed by atoms with Crippen LogP contribution in [-0.2, 0) is 21.2 Å². The van der Waals surface area contributed by atoms with E-state index in [1.807, 2.05) is 30.3 Å². The molecule has 1 aromatic carbocycles. The molecule has 0 aliphatic carbocycles. The third-order valence-corrected chi connectivity index (χ3v) is 5.01. The summed E-state index contributed by atoms with van der Waals surface area (Å²) in [6.45, 7) is 0.726. The summed E-state index contributed by atoms with van der Waals surface area (Å²) in [6.07, 6.45) is 1.31. The lowest BCUT2D eigenvalue weighted by molar-refractivity contribution is -0.122. The summed E-state index contributed by atoms with van der Waals surface area (Å²) >= 11 is 0. The van der Waals surface area contributed by atoms with E-state index >= 15 is 0 Å². The predicted octanol–water partition coefficient (Wildman–Crippen LogP) is 0.381. The Morgan fingerprint density at radius 2 is 1.95 bits per heavy atom. The van der Waals surface area contributed by atoms with Crippen molar-refractivity contribution in [3.05, 3.63) is 35.9 Å². The van der Waals surface area contributed by atoms with Gasteiger partial charge >= 0.3 is 0 Å². The van der Waals surface area contributed by atoms with Crippen LogP contribution in [0.15, 0.2) is 30.3 Å². The molecule has 6 heteroatoms. The van der Waals surface area contributed by atoms with E-state index in [0.29, 0.717) is 19.5 Å². The maximum atomic E-state index is 12.1. The van der Waals surface area contributed by atoms with E-state index in [4.69, 9.17) is 0 Å². The second-order valence-electron chi connectivity index (χ2n) is 4.59. The minimum absolute atomic E-state index is 0.0479. The van der Waals surface area contributed by atoms with Crippen LogP contribution in [0, 0.1) is 0 Å². The number of piperazine rings is 1. The Kier molecular flexibility index (Phi) is 4.55. The number of hydrogen-bond donors (Lipinski definition) is 1. The summed E-state index contributed by atoms with van der Waals surface area (Å²) in [5.74, 6) is -0.132. The molecule has 1 N–H and O–H groups in total. The van der Waals surface area contributed by atoms with Crippen LogP contribution in [0.5, 0.6) is 0 Å². The summed E-state index contributed by atoms with van der Waals surface area (Å²) in [5, 5.41) is 2.62. The largest absolute Gasteiger partial charge is 0.354 e. The van der Waals surface area contributed by atoms with Crippen molar-refractivity contribution >= 4 is 15.9 Å². The highest BCUT2D eigenvalue weighted by atomic mass is 32.2. The van der Waals surface area contributed by atoms with E-state index in [1.165, 1.54) is 4.31 Å². The summed E-state index contributed by atoms with van der Waals surface area (Å²) < 4.78 is 25.4. The van der Waals surface area contributed by atoms with Crippen LogP contribution < -0.4 is 5.32 Å². The smallest absolute Gasteiger partial charge is 0.235 e. The van der Waals surface area contributed by atoms with Crippen molar-refractivity contribution in [3.8, 4) is 0 Å². The Labute approximate surface area is 113 Å². The van der Waals surface area contributed by atoms with Crippen molar-refractivity contribution in [2.75, 3.05) is 25.4 Å². The minimum Gasteiger partial charge on any atom is -0.354 e. The second-order valence-corrected chi connectivity index (χ2v) is 6.68. The Bertz CT molecular complexity index is 528. The van der Waals surface area contributed by atoms with E-state index in [1.54, 1.807) is 0 Å². The van der Waals surface area contributed by atoms with Crippen LogP contribution in [-0.4, -0.2) is 44.0 Å². The Morgan fingerprint density at radius 3 is 2.63 bits per heavy atom. The first kappa shape index (κ1) is 14.0. The summed E-state index contributed by atoms with van der Waals surface area (Å²) in [5.41, 5.74) is 1.13. The third kappa shape index (κ3) is 4.04. The lowest BCUT2D eigenvalue weighted by atomic mass is 10.1. The first-order valence-electron chi connectivity index (χ1n) is 6.36.